The SMILES string of the molecule is CC1(C)c2ccccc2-c2ccc(N(c3ccc(-c4cc(-c5ccccc5)cc(-c5ccccc5)c4)cc3)c3cccc(-c4ccc5ccccc5c4)c3)cc21. The van der Waals surface area contributed by atoms with E-state index in [1.807, 2.05) is 0 Å². The van der Waals surface area contributed by atoms with Gasteiger partial charge in [0.25, 0.3) is 0 Å². The molecule has 0 spiro atoms. The fraction of sp³-hybridized carbons (Fsp3) is 0.0545. The summed E-state index contributed by atoms with van der Waals surface area (Å²) in [7, 11) is 0. The molecule has 0 saturated heterocycles. The molecule has 266 valence electrons. The van der Waals surface area contributed by atoms with Gasteiger partial charge in [0, 0.05) is 22.5 Å². The molecule has 9 aromatic carbocycles. The van der Waals surface area contributed by atoms with E-state index in [1.165, 1.54) is 77.5 Å². The molecule has 0 atom stereocenters. The monoisotopic (exact) mass is 715 g/mol. The molecule has 0 unspecified atom stereocenters. The summed E-state index contributed by atoms with van der Waals surface area (Å²) in [5.74, 6) is 0. The molecule has 1 aliphatic rings. The van der Waals surface area contributed by atoms with Gasteiger partial charge in [-0.05, 0) is 138 Å². The van der Waals surface area contributed by atoms with E-state index >= 15 is 0 Å². The minimum absolute atomic E-state index is 0.107. The zero-order valence-electron chi connectivity index (χ0n) is 31.7. The van der Waals surface area contributed by atoms with E-state index < -0.39 is 0 Å². The first-order valence-corrected chi connectivity index (χ1v) is 19.5. The predicted octanol–water partition coefficient (Wildman–Crippen LogP) is 15.3. The normalized spacial score (nSPS) is 12.6. The van der Waals surface area contributed by atoms with Crippen molar-refractivity contribution < 1.29 is 0 Å². The van der Waals surface area contributed by atoms with Crippen LogP contribution in [0, 0.1) is 0 Å². The Morgan fingerprint density at radius 1 is 0.286 bits per heavy atom. The molecule has 0 saturated carbocycles. The number of hydrogen-bond acceptors (Lipinski definition) is 1. The summed E-state index contributed by atoms with van der Waals surface area (Å²) in [5.41, 5.74) is 18.3. The van der Waals surface area contributed by atoms with Gasteiger partial charge in [0.1, 0.15) is 0 Å². The van der Waals surface area contributed by atoms with Crippen LogP contribution in [0.1, 0.15) is 25.0 Å². The van der Waals surface area contributed by atoms with E-state index in [0.717, 1.165) is 17.1 Å². The molecule has 1 nitrogen and oxygen atoms in total. The third kappa shape index (κ3) is 5.99. The van der Waals surface area contributed by atoms with Crippen LogP contribution in [0.4, 0.5) is 17.1 Å². The number of benzene rings is 9. The summed E-state index contributed by atoms with van der Waals surface area (Å²) >= 11 is 0. The van der Waals surface area contributed by atoms with Crippen molar-refractivity contribution in [3.8, 4) is 55.6 Å². The van der Waals surface area contributed by atoms with Crippen molar-refractivity contribution >= 4 is 27.8 Å². The molecule has 0 radical (unpaired) electrons. The maximum Gasteiger partial charge on any atom is 0.0467 e. The molecule has 1 aliphatic carbocycles. The second-order valence-corrected chi connectivity index (χ2v) is 15.4. The number of fused-ring (bicyclic) bond motifs is 4. The lowest BCUT2D eigenvalue weighted by Crippen LogP contribution is -2.16. The van der Waals surface area contributed by atoms with Crippen molar-refractivity contribution in [2.24, 2.45) is 0 Å². The standard InChI is InChI=1S/C55H41N/c1-55(2)53-23-12-11-22-51(53)52-31-30-50(37-54(52)55)56(49-21-13-20-43(36-49)44-25-24-40-18-9-10-19-42(40)32-44)48-28-26-41(27-29-48)47-34-45(38-14-5-3-6-15-38)33-46(35-47)39-16-7-4-8-17-39/h3-37H,1-2H3. The smallest absolute Gasteiger partial charge is 0.0467 e. The lowest BCUT2D eigenvalue weighted by atomic mass is 9.82. The average Bonchev–Trinajstić information content (AvgIpc) is 3.49. The first-order chi connectivity index (χ1) is 27.5. The number of anilines is 3. The van der Waals surface area contributed by atoms with Crippen LogP contribution in [0.2, 0.25) is 0 Å². The zero-order valence-corrected chi connectivity index (χ0v) is 31.7. The second-order valence-electron chi connectivity index (χ2n) is 15.4. The Kier molecular flexibility index (Phi) is 8.23. The minimum atomic E-state index is -0.107. The van der Waals surface area contributed by atoms with Gasteiger partial charge in [-0.2, -0.15) is 0 Å². The first-order valence-electron chi connectivity index (χ1n) is 19.5. The molecule has 0 aromatic heterocycles. The zero-order chi connectivity index (χ0) is 37.6. The van der Waals surface area contributed by atoms with Crippen molar-refractivity contribution in [1.82, 2.24) is 0 Å². The van der Waals surface area contributed by atoms with E-state index in [0.29, 0.717) is 0 Å². The highest BCUT2D eigenvalue weighted by molar-refractivity contribution is 5.90. The van der Waals surface area contributed by atoms with Gasteiger partial charge in [0.2, 0.25) is 0 Å². The minimum Gasteiger partial charge on any atom is -0.310 e. The molecule has 0 heterocycles. The van der Waals surface area contributed by atoms with Crippen LogP contribution in [0.5, 0.6) is 0 Å². The Bertz CT molecular complexity index is 2810. The van der Waals surface area contributed by atoms with Crippen molar-refractivity contribution in [1.29, 1.82) is 0 Å². The van der Waals surface area contributed by atoms with E-state index in [1.54, 1.807) is 0 Å². The summed E-state index contributed by atoms with van der Waals surface area (Å²) in [4.78, 5) is 2.42. The molecular weight excluding hydrogens is 675 g/mol. The molecule has 0 amide bonds. The molecule has 0 bridgehead atoms. The molecular formula is C55H41N. The topological polar surface area (TPSA) is 3.24 Å². The lowest BCUT2D eigenvalue weighted by Gasteiger charge is -2.28. The van der Waals surface area contributed by atoms with Crippen LogP contribution in [0.3, 0.4) is 0 Å². The Labute approximate surface area is 329 Å². The highest BCUT2D eigenvalue weighted by Crippen LogP contribution is 2.51. The van der Waals surface area contributed by atoms with Gasteiger partial charge < -0.3 is 4.90 Å². The quantitative estimate of drug-likeness (QED) is 0.159. The van der Waals surface area contributed by atoms with Crippen LogP contribution < -0.4 is 4.90 Å². The fourth-order valence-corrected chi connectivity index (χ4v) is 8.66. The molecule has 0 fully saturated rings. The number of hydrogen-bond donors (Lipinski definition) is 0. The van der Waals surface area contributed by atoms with Crippen LogP contribution in [-0.2, 0) is 5.41 Å². The summed E-state index contributed by atoms with van der Waals surface area (Å²) in [5, 5.41) is 2.50. The van der Waals surface area contributed by atoms with Crippen LogP contribution in [0.25, 0.3) is 66.4 Å². The Morgan fingerprint density at radius 3 is 1.48 bits per heavy atom. The summed E-state index contributed by atoms with van der Waals surface area (Å²) < 4.78 is 0. The summed E-state index contributed by atoms with van der Waals surface area (Å²) in [6, 6.07) is 77.7. The van der Waals surface area contributed by atoms with Gasteiger partial charge in [0.15, 0.2) is 0 Å². The third-order valence-electron chi connectivity index (χ3n) is 11.6. The Balaban J connectivity index is 1.10. The van der Waals surface area contributed by atoms with Crippen molar-refractivity contribution in [3.63, 3.8) is 0 Å². The molecule has 1 heteroatoms. The van der Waals surface area contributed by atoms with E-state index in [-0.39, 0.29) is 5.41 Å². The maximum atomic E-state index is 2.42. The van der Waals surface area contributed by atoms with Crippen LogP contribution in [0.15, 0.2) is 212 Å². The Morgan fingerprint density at radius 2 is 0.786 bits per heavy atom. The van der Waals surface area contributed by atoms with Gasteiger partial charge in [-0.1, -0.05) is 166 Å². The van der Waals surface area contributed by atoms with E-state index in [4.69, 9.17) is 0 Å². The van der Waals surface area contributed by atoms with Crippen molar-refractivity contribution in [3.05, 3.63) is 223 Å². The summed E-state index contributed by atoms with van der Waals surface area (Å²) in [6.45, 7) is 4.71. The Hall–Kier alpha value is -6.96. The van der Waals surface area contributed by atoms with Gasteiger partial charge >= 0.3 is 0 Å². The van der Waals surface area contributed by atoms with E-state index in [2.05, 4.69) is 231 Å². The second kappa shape index (κ2) is 13.7. The van der Waals surface area contributed by atoms with Gasteiger partial charge in [0.05, 0.1) is 0 Å². The van der Waals surface area contributed by atoms with Crippen LogP contribution in [-0.4, -0.2) is 0 Å². The van der Waals surface area contributed by atoms with Gasteiger partial charge in [-0.3, -0.25) is 0 Å². The fourth-order valence-electron chi connectivity index (χ4n) is 8.66. The molecule has 0 N–H and O–H groups in total. The third-order valence-corrected chi connectivity index (χ3v) is 11.6. The van der Waals surface area contributed by atoms with Gasteiger partial charge in [-0.15, -0.1) is 0 Å². The largest absolute Gasteiger partial charge is 0.310 e. The maximum absolute atomic E-state index is 2.42. The predicted molar refractivity (Wildman–Crippen MR) is 238 cm³/mol. The van der Waals surface area contributed by atoms with Crippen molar-refractivity contribution in [2.75, 3.05) is 4.90 Å². The van der Waals surface area contributed by atoms with Gasteiger partial charge in [-0.25, -0.2) is 0 Å². The lowest BCUT2D eigenvalue weighted by molar-refractivity contribution is 0.660. The first kappa shape index (κ1) is 33.6. The number of rotatable bonds is 7. The highest BCUT2D eigenvalue weighted by Gasteiger charge is 2.35. The highest BCUT2D eigenvalue weighted by atomic mass is 15.1. The molecule has 0 aliphatic heterocycles. The molecule has 9 aromatic rings. The average molecular weight is 716 g/mol. The van der Waals surface area contributed by atoms with E-state index in [9.17, 15) is 0 Å². The van der Waals surface area contributed by atoms with Crippen molar-refractivity contribution in [2.45, 2.75) is 19.3 Å². The molecule has 56 heavy (non-hydrogen) atoms. The van der Waals surface area contributed by atoms with Crippen LogP contribution >= 0.6 is 0 Å². The number of nitrogens with zero attached hydrogens (tertiary/aromatic N) is 1. The summed E-state index contributed by atoms with van der Waals surface area (Å²) in [6.07, 6.45) is 0. The molecule has 10 rings (SSSR count).